The summed E-state index contributed by atoms with van der Waals surface area (Å²) in [6, 6.07) is 24.2. The van der Waals surface area contributed by atoms with Crippen molar-refractivity contribution in [3.63, 3.8) is 0 Å². The molecule has 156 valence electrons. The molecule has 0 aliphatic carbocycles. The summed E-state index contributed by atoms with van der Waals surface area (Å²) in [6.45, 7) is 0.556. The van der Waals surface area contributed by atoms with E-state index in [1.807, 2.05) is 24.3 Å². The van der Waals surface area contributed by atoms with Gasteiger partial charge in [0.2, 0.25) is 0 Å². The molecule has 0 bridgehead atoms. The maximum atomic E-state index is 13.2. The molecule has 0 fully saturated rings. The highest BCUT2D eigenvalue weighted by molar-refractivity contribution is 9.10. The smallest absolute Gasteiger partial charge is 0.319 e. The van der Waals surface area contributed by atoms with Crippen LogP contribution in [0.3, 0.4) is 0 Å². The summed E-state index contributed by atoms with van der Waals surface area (Å²) in [7, 11) is -3.71. The molecule has 3 rings (SSSR count). The standard InChI is InChI=1S/C22H22BrN3O3S/c23-20-14-7-8-15-21(20)25-22(27)24-16-9-17-26(18-10-3-1-4-11-18)30(28,29)19-12-5-2-6-13-19/h1-8,10-15H,9,16-17H2,(H2,24,25,27). The molecule has 3 aromatic rings. The van der Waals surface area contributed by atoms with Crippen molar-refractivity contribution in [3.8, 4) is 0 Å². The molecule has 3 aromatic carbocycles. The van der Waals surface area contributed by atoms with Gasteiger partial charge in [-0.1, -0.05) is 48.5 Å². The summed E-state index contributed by atoms with van der Waals surface area (Å²) in [5.41, 5.74) is 1.24. The van der Waals surface area contributed by atoms with Gasteiger partial charge in [-0.05, 0) is 58.7 Å². The number of hydrogen-bond donors (Lipinski definition) is 2. The lowest BCUT2D eigenvalue weighted by atomic mass is 10.3. The van der Waals surface area contributed by atoms with Crippen LogP contribution in [0.2, 0.25) is 0 Å². The summed E-state index contributed by atoms with van der Waals surface area (Å²) in [5.74, 6) is 0. The van der Waals surface area contributed by atoms with E-state index >= 15 is 0 Å². The fourth-order valence-electron chi connectivity index (χ4n) is 2.86. The second-order valence-electron chi connectivity index (χ2n) is 6.44. The number of rotatable bonds is 8. The van der Waals surface area contributed by atoms with Gasteiger partial charge in [-0.15, -0.1) is 0 Å². The monoisotopic (exact) mass is 487 g/mol. The van der Waals surface area contributed by atoms with E-state index in [1.54, 1.807) is 60.7 Å². The van der Waals surface area contributed by atoms with Gasteiger partial charge in [-0.3, -0.25) is 4.31 Å². The van der Waals surface area contributed by atoms with E-state index in [0.29, 0.717) is 24.3 Å². The van der Waals surface area contributed by atoms with Crippen LogP contribution in [0, 0.1) is 0 Å². The van der Waals surface area contributed by atoms with E-state index < -0.39 is 10.0 Å². The zero-order chi connectivity index (χ0) is 21.4. The van der Waals surface area contributed by atoms with Gasteiger partial charge in [0.1, 0.15) is 0 Å². The number of carbonyl (C=O) groups is 1. The van der Waals surface area contributed by atoms with E-state index in [-0.39, 0.29) is 17.5 Å². The highest BCUT2D eigenvalue weighted by Gasteiger charge is 2.24. The molecule has 0 atom stereocenters. The van der Waals surface area contributed by atoms with Crippen LogP contribution >= 0.6 is 15.9 Å². The van der Waals surface area contributed by atoms with Crippen LogP contribution in [-0.2, 0) is 10.0 Å². The summed E-state index contributed by atoms with van der Waals surface area (Å²) in [6.07, 6.45) is 0.449. The highest BCUT2D eigenvalue weighted by Crippen LogP contribution is 2.24. The minimum Gasteiger partial charge on any atom is -0.338 e. The highest BCUT2D eigenvalue weighted by atomic mass is 79.9. The van der Waals surface area contributed by atoms with E-state index in [0.717, 1.165) is 4.47 Å². The number of halogens is 1. The molecule has 0 spiro atoms. The van der Waals surface area contributed by atoms with E-state index in [4.69, 9.17) is 0 Å². The minimum atomic E-state index is -3.71. The molecule has 0 radical (unpaired) electrons. The second-order valence-corrected chi connectivity index (χ2v) is 9.16. The van der Waals surface area contributed by atoms with Gasteiger partial charge in [0, 0.05) is 17.6 Å². The Morgan fingerprint density at radius 1 is 0.867 bits per heavy atom. The average molecular weight is 488 g/mol. The lowest BCUT2D eigenvalue weighted by molar-refractivity contribution is 0.252. The third-order valence-corrected chi connectivity index (χ3v) is 6.85. The Bertz CT molecular complexity index is 1080. The largest absolute Gasteiger partial charge is 0.338 e. The first-order valence-electron chi connectivity index (χ1n) is 9.41. The molecule has 8 heteroatoms. The molecule has 30 heavy (non-hydrogen) atoms. The Hall–Kier alpha value is -2.84. The summed E-state index contributed by atoms with van der Waals surface area (Å²) in [5, 5.41) is 5.52. The van der Waals surface area contributed by atoms with Crippen LogP contribution in [-0.4, -0.2) is 27.5 Å². The Kier molecular flexibility index (Phi) is 7.48. The number of amides is 2. The first-order valence-corrected chi connectivity index (χ1v) is 11.6. The normalized spacial score (nSPS) is 11.0. The van der Waals surface area contributed by atoms with Crippen molar-refractivity contribution in [1.29, 1.82) is 0 Å². The van der Waals surface area contributed by atoms with E-state index in [1.165, 1.54) is 4.31 Å². The average Bonchev–Trinajstić information content (AvgIpc) is 2.76. The van der Waals surface area contributed by atoms with Gasteiger partial charge in [-0.2, -0.15) is 0 Å². The number of carbonyl (C=O) groups excluding carboxylic acids is 1. The fraction of sp³-hybridized carbons (Fsp3) is 0.136. The van der Waals surface area contributed by atoms with Crippen LogP contribution in [0.4, 0.5) is 16.2 Å². The number of nitrogens with one attached hydrogen (secondary N) is 2. The topological polar surface area (TPSA) is 78.5 Å². The Morgan fingerprint density at radius 3 is 2.13 bits per heavy atom. The fourth-order valence-corrected chi connectivity index (χ4v) is 4.76. The van der Waals surface area contributed by atoms with Crippen molar-refractivity contribution in [2.75, 3.05) is 22.7 Å². The van der Waals surface area contributed by atoms with Crippen molar-refractivity contribution in [1.82, 2.24) is 5.32 Å². The van der Waals surface area contributed by atoms with Gasteiger partial charge in [-0.25, -0.2) is 13.2 Å². The maximum Gasteiger partial charge on any atom is 0.319 e. The third kappa shape index (κ3) is 5.61. The number of benzene rings is 3. The quantitative estimate of drug-likeness (QED) is 0.445. The van der Waals surface area contributed by atoms with Crippen LogP contribution in [0.1, 0.15) is 6.42 Å². The lowest BCUT2D eigenvalue weighted by Crippen LogP contribution is -2.35. The van der Waals surface area contributed by atoms with Crippen molar-refractivity contribution < 1.29 is 13.2 Å². The molecular formula is C22H22BrN3O3S. The molecule has 0 unspecified atom stereocenters. The molecule has 0 saturated carbocycles. The number of sulfonamides is 1. The Labute approximate surface area is 185 Å². The summed E-state index contributed by atoms with van der Waals surface area (Å²) in [4.78, 5) is 12.4. The van der Waals surface area contributed by atoms with Gasteiger partial charge < -0.3 is 10.6 Å². The van der Waals surface area contributed by atoms with Crippen LogP contribution in [0.5, 0.6) is 0 Å². The number of nitrogens with zero attached hydrogens (tertiary/aromatic N) is 1. The Balaban J connectivity index is 1.64. The van der Waals surface area contributed by atoms with Crippen molar-refractivity contribution in [3.05, 3.63) is 89.4 Å². The lowest BCUT2D eigenvalue weighted by Gasteiger charge is -2.24. The minimum absolute atomic E-state index is 0.230. The Morgan fingerprint density at radius 2 is 1.47 bits per heavy atom. The molecular weight excluding hydrogens is 466 g/mol. The summed E-state index contributed by atoms with van der Waals surface area (Å²) < 4.78 is 28.5. The SMILES string of the molecule is O=C(NCCCN(c1ccccc1)S(=O)(=O)c1ccccc1)Nc1ccccc1Br. The molecule has 0 aliphatic rings. The van der Waals surface area contributed by atoms with Gasteiger partial charge in [0.25, 0.3) is 10.0 Å². The number of anilines is 2. The zero-order valence-corrected chi connectivity index (χ0v) is 18.6. The number of urea groups is 1. The second kappa shape index (κ2) is 10.3. The molecule has 2 N–H and O–H groups in total. The molecule has 0 aromatic heterocycles. The van der Waals surface area contributed by atoms with Crippen LogP contribution < -0.4 is 14.9 Å². The van der Waals surface area contributed by atoms with Gasteiger partial charge >= 0.3 is 6.03 Å². The van der Waals surface area contributed by atoms with Gasteiger partial charge in [0.15, 0.2) is 0 Å². The van der Waals surface area contributed by atoms with Gasteiger partial charge in [0.05, 0.1) is 16.3 Å². The molecule has 0 heterocycles. The number of para-hydroxylation sites is 2. The number of hydrogen-bond acceptors (Lipinski definition) is 3. The molecule has 0 aliphatic heterocycles. The summed E-state index contributed by atoms with van der Waals surface area (Å²) >= 11 is 3.38. The predicted molar refractivity (Wildman–Crippen MR) is 123 cm³/mol. The molecule has 0 saturated heterocycles. The van der Waals surface area contributed by atoms with E-state index in [2.05, 4.69) is 26.6 Å². The molecule has 2 amide bonds. The molecule has 6 nitrogen and oxygen atoms in total. The van der Waals surface area contributed by atoms with Crippen LogP contribution in [0.15, 0.2) is 94.3 Å². The van der Waals surface area contributed by atoms with Crippen molar-refractivity contribution >= 4 is 43.4 Å². The first kappa shape index (κ1) is 21.9. The first-order chi connectivity index (χ1) is 14.5. The zero-order valence-electron chi connectivity index (χ0n) is 16.2. The van der Waals surface area contributed by atoms with Crippen molar-refractivity contribution in [2.24, 2.45) is 0 Å². The van der Waals surface area contributed by atoms with Crippen LogP contribution in [0.25, 0.3) is 0 Å². The van der Waals surface area contributed by atoms with Crippen molar-refractivity contribution in [2.45, 2.75) is 11.3 Å². The maximum absolute atomic E-state index is 13.2. The third-order valence-electron chi connectivity index (χ3n) is 4.32. The predicted octanol–water partition coefficient (Wildman–Crippen LogP) is 4.86. The van der Waals surface area contributed by atoms with E-state index in [9.17, 15) is 13.2 Å².